The van der Waals surface area contributed by atoms with Gasteiger partial charge in [0.05, 0.1) is 0 Å². The summed E-state index contributed by atoms with van der Waals surface area (Å²) in [6, 6.07) is 2.05. The van der Waals surface area contributed by atoms with Crippen molar-refractivity contribution in [2.75, 3.05) is 66.5 Å². The molecule has 2 heterocycles. The third-order valence-electron chi connectivity index (χ3n) is 8.97. The van der Waals surface area contributed by atoms with Crippen LogP contribution in [0.3, 0.4) is 0 Å². The molecule has 0 amide bonds. The van der Waals surface area contributed by atoms with Crippen molar-refractivity contribution < 1.29 is 9.53 Å². The van der Waals surface area contributed by atoms with E-state index in [1.807, 2.05) is 20.8 Å². The highest BCUT2D eigenvalue weighted by Crippen LogP contribution is 2.31. The Balaban J connectivity index is 0.000000220. The lowest BCUT2D eigenvalue weighted by atomic mass is 9.83. The summed E-state index contributed by atoms with van der Waals surface area (Å²) in [5, 5.41) is 0. The van der Waals surface area contributed by atoms with Crippen LogP contribution in [0, 0.1) is 5.92 Å². The van der Waals surface area contributed by atoms with Gasteiger partial charge in [0.15, 0.2) is 0 Å². The SMILES string of the molecule is CN1CCCN(C2CCC(CC(=O)OC(C)(C)C)CC2)CC1.CN1CCCN(C2CCC(N)CC2)CC1. The van der Waals surface area contributed by atoms with Crippen molar-refractivity contribution in [3.05, 3.63) is 0 Å². The first kappa shape index (κ1) is 30.8. The summed E-state index contributed by atoms with van der Waals surface area (Å²) in [6.45, 7) is 15.8. The lowest BCUT2D eigenvalue weighted by molar-refractivity contribution is -0.156. The second-order valence-corrected chi connectivity index (χ2v) is 13.4. The van der Waals surface area contributed by atoms with Gasteiger partial charge in [-0.1, -0.05) is 0 Å². The number of hydrogen-bond acceptors (Lipinski definition) is 7. The topological polar surface area (TPSA) is 65.3 Å². The van der Waals surface area contributed by atoms with Crippen LogP contribution >= 0.6 is 0 Å². The summed E-state index contributed by atoms with van der Waals surface area (Å²) in [5.41, 5.74) is 5.60. The number of esters is 1. The number of nitrogens with zero attached hydrogens (tertiary/aromatic N) is 4. The molecule has 0 unspecified atom stereocenters. The fourth-order valence-electron chi connectivity index (χ4n) is 6.66. The lowest BCUT2D eigenvalue weighted by Crippen LogP contribution is -2.42. The van der Waals surface area contributed by atoms with Crippen molar-refractivity contribution in [3.63, 3.8) is 0 Å². The Bertz CT molecular complexity index is 653. The van der Waals surface area contributed by atoms with Crippen LogP contribution in [0.25, 0.3) is 0 Å². The Morgan fingerprint density at radius 3 is 1.62 bits per heavy atom. The summed E-state index contributed by atoms with van der Waals surface area (Å²) < 4.78 is 5.46. The molecular formula is C30H59N5O2. The number of nitrogens with two attached hydrogens (primary N) is 1. The van der Waals surface area contributed by atoms with E-state index in [9.17, 15) is 4.79 Å². The predicted octanol–water partition coefficient (Wildman–Crippen LogP) is 3.81. The lowest BCUT2D eigenvalue weighted by Gasteiger charge is -2.36. The molecule has 2 aliphatic carbocycles. The summed E-state index contributed by atoms with van der Waals surface area (Å²) in [4.78, 5) is 22.2. The smallest absolute Gasteiger partial charge is 0.306 e. The second-order valence-electron chi connectivity index (χ2n) is 13.4. The molecule has 0 radical (unpaired) electrons. The molecule has 7 heteroatoms. The third-order valence-corrected chi connectivity index (χ3v) is 8.97. The Labute approximate surface area is 228 Å². The highest BCUT2D eigenvalue weighted by Gasteiger charge is 2.29. The van der Waals surface area contributed by atoms with E-state index in [0.717, 1.165) is 12.1 Å². The zero-order valence-corrected chi connectivity index (χ0v) is 24.9. The Morgan fingerprint density at radius 1 is 0.703 bits per heavy atom. The Morgan fingerprint density at radius 2 is 1.16 bits per heavy atom. The predicted molar refractivity (Wildman–Crippen MR) is 154 cm³/mol. The van der Waals surface area contributed by atoms with Gasteiger partial charge in [-0.05, 0) is 131 Å². The molecule has 4 rings (SSSR count). The van der Waals surface area contributed by atoms with E-state index in [4.69, 9.17) is 10.5 Å². The molecule has 0 aromatic heterocycles. The Kier molecular flexibility index (Phi) is 12.6. The van der Waals surface area contributed by atoms with E-state index >= 15 is 0 Å². The van der Waals surface area contributed by atoms with Gasteiger partial charge < -0.3 is 20.3 Å². The molecule has 37 heavy (non-hydrogen) atoms. The van der Waals surface area contributed by atoms with E-state index in [0.29, 0.717) is 18.4 Å². The first-order chi connectivity index (χ1) is 17.6. The number of rotatable bonds is 4. The standard InChI is InChI=1S/C18H34N2O2.C12H25N3/c1-18(2,3)22-17(21)14-15-6-8-16(9-7-15)20-11-5-10-19(4)12-13-20;1-14-7-2-8-15(10-9-14)12-5-3-11(13)4-6-12/h15-16H,5-14H2,1-4H3;11-12H,2-10,13H2,1H3. The van der Waals surface area contributed by atoms with E-state index in [1.165, 1.54) is 117 Å². The van der Waals surface area contributed by atoms with Gasteiger partial charge in [0.1, 0.15) is 5.60 Å². The van der Waals surface area contributed by atoms with Crippen LogP contribution < -0.4 is 5.73 Å². The highest BCUT2D eigenvalue weighted by molar-refractivity contribution is 5.70. The van der Waals surface area contributed by atoms with Gasteiger partial charge in [0, 0.05) is 50.7 Å². The molecule has 0 aromatic carbocycles. The second kappa shape index (κ2) is 15.2. The average molecular weight is 522 g/mol. The molecule has 0 aromatic rings. The number of likely N-dealkylation sites (N-methyl/N-ethyl adjacent to an activating group) is 2. The van der Waals surface area contributed by atoms with Gasteiger partial charge >= 0.3 is 5.97 Å². The van der Waals surface area contributed by atoms with Gasteiger partial charge in [-0.3, -0.25) is 14.6 Å². The van der Waals surface area contributed by atoms with Crippen LogP contribution in [0.2, 0.25) is 0 Å². The minimum absolute atomic E-state index is 0.0210. The maximum absolute atomic E-state index is 12.0. The van der Waals surface area contributed by atoms with Crippen LogP contribution in [0.5, 0.6) is 0 Å². The van der Waals surface area contributed by atoms with E-state index < -0.39 is 0 Å². The minimum atomic E-state index is -0.355. The summed E-state index contributed by atoms with van der Waals surface area (Å²) >= 11 is 0. The van der Waals surface area contributed by atoms with Crippen molar-refractivity contribution in [3.8, 4) is 0 Å². The molecule has 2 saturated heterocycles. The van der Waals surface area contributed by atoms with Gasteiger partial charge in [-0.15, -0.1) is 0 Å². The molecule has 0 atom stereocenters. The highest BCUT2D eigenvalue weighted by atomic mass is 16.6. The largest absolute Gasteiger partial charge is 0.460 e. The van der Waals surface area contributed by atoms with Crippen LogP contribution in [-0.4, -0.2) is 116 Å². The third kappa shape index (κ3) is 11.5. The summed E-state index contributed by atoms with van der Waals surface area (Å²) in [6.07, 6.45) is 13.2. The maximum Gasteiger partial charge on any atom is 0.306 e. The van der Waals surface area contributed by atoms with Gasteiger partial charge in [-0.25, -0.2) is 0 Å². The number of carbonyl (C=O) groups excluding carboxylic acids is 1. The van der Waals surface area contributed by atoms with E-state index in [1.54, 1.807) is 0 Å². The van der Waals surface area contributed by atoms with Crippen molar-refractivity contribution in [2.45, 2.75) is 115 Å². The molecule has 0 spiro atoms. The molecule has 7 nitrogen and oxygen atoms in total. The number of hydrogen-bond donors (Lipinski definition) is 1. The fraction of sp³-hybridized carbons (Fsp3) is 0.967. The van der Waals surface area contributed by atoms with Gasteiger partial charge in [0.2, 0.25) is 0 Å². The quantitative estimate of drug-likeness (QED) is 0.565. The molecule has 216 valence electrons. The van der Waals surface area contributed by atoms with Crippen LogP contribution in [0.15, 0.2) is 0 Å². The molecule has 4 aliphatic rings. The normalized spacial score (nSPS) is 32.1. The summed E-state index contributed by atoms with van der Waals surface area (Å²) in [5.74, 6) is 0.507. The molecule has 2 aliphatic heterocycles. The van der Waals surface area contributed by atoms with Crippen molar-refractivity contribution in [1.29, 1.82) is 0 Å². The number of carbonyl (C=O) groups is 1. The maximum atomic E-state index is 12.0. The first-order valence-corrected chi connectivity index (χ1v) is 15.4. The zero-order chi connectivity index (χ0) is 26.8. The van der Waals surface area contributed by atoms with E-state index in [2.05, 4.69) is 33.7 Å². The molecule has 2 N–H and O–H groups in total. The molecule has 4 fully saturated rings. The zero-order valence-electron chi connectivity index (χ0n) is 24.9. The Hall–Kier alpha value is -0.730. The molecular weight excluding hydrogens is 462 g/mol. The van der Waals surface area contributed by atoms with E-state index in [-0.39, 0.29) is 11.6 Å². The van der Waals surface area contributed by atoms with Crippen molar-refractivity contribution >= 4 is 5.97 Å². The van der Waals surface area contributed by atoms with Gasteiger partial charge in [-0.2, -0.15) is 0 Å². The van der Waals surface area contributed by atoms with Crippen molar-refractivity contribution in [2.24, 2.45) is 11.7 Å². The minimum Gasteiger partial charge on any atom is -0.460 e. The first-order valence-electron chi connectivity index (χ1n) is 15.4. The van der Waals surface area contributed by atoms with Crippen LogP contribution in [0.1, 0.15) is 91.4 Å². The van der Waals surface area contributed by atoms with Crippen LogP contribution in [0.4, 0.5) is 0 Å². The van der Waals surface area contributed by atoms with Crippen LogP contribution in [-0.2, 0) is 9.53 Å². The van der Waals surface area contributed by atoms with Gasteiger partial charge in [0.25, 0.3) is 0 Å². The van der Waals surface area contributed by atoms with Crippen molar-refractivity contribution in [1.82, 2.24) is 19.6 Å². The molecule has 0 bridgehead atoms. The average Bonchev–Trinajstić information content (AvgIpc) is 3.19. The molecule has 2 saturated carbocycles. The summed E-state index contributed by atoms with van der Waals surface area (Å²) in [7, 11) is 4.46. The number of ether oxygens (including phenoxy) is 1. The monoisotopic (exact) mass is 521 g/mol. The fourth-order valence-corrected chi connectivity index (χ4v) is 6.66.